The summed E-state index contributed by atoms with van der Waals surface area (Å²) in [5, 5.41) is 6.20. The summed E-state index contributed by atoms with van der Waals surface area (Å²) < 4.78 is 13.0. The summed E-state index contributed by atoms with van der Waals surface area (Å²) >= 11 is 0. The minimum absolute atomic E-state index is 0.0248. The average molecular weight is 236 g/mol. The maximum absolute atomic E-state index is 13.0. The van der Waals surface area contributed by atoms with Crippen molar-refractivity contribution in [2.45, 2.75) is 25.3 Å². The third kappa shape index (κ3) is 3.03. The van der Waals surface area contributed by atoms with Gasteiger partial charge in [0.25, 0.3) is 5.91 Å². The normalized spacial score (nSPS) is 23.6. The fraction of sp³-hybridized carbons (Fsp3) is 0.462. The Bertz CT molecular complexity index is 414. The van der Waals surface area contributed by atoms with Crippen molar-refractivity contribution in [3.8, 4) is 0 Å². The van der Waals surface area contributed by atoms with Crippen molar-refractivity contribution in [1.82, 2.24) is 10.6 Å². The molecule has 0 aliphatic carbocycles. The van der Waals surface area contributed by atoms with Gasteiger partial charge in [-0.1, -0.05) is 6.07 Å². The van der Waals surface area contributed by atoms with Gasteiger partial charge < -0.3 is 10.6 Å². The molecule has 1 unspecified atom stereocenters. The molecule has 0 aromatic heterocycles. The number of rotatable bonds is 3. The van der Waals surface area contributed by atoms with E-state index < -0.39 is 0 Å². The molecule has 0 spiro atoms. The maximum Gasteiger partial charge on any atom is 0.251 e. The first-order valence-corrected chi connectivity index (χ1v) is 5.88. The molecular weight excluding hydrogens is 219 g/mol. The predicted octanol–water partition coefficient (Wildman–Crippen LogP) is 1.70. The average Bonchev–Trinajstić information content (AvgIpc) is 2.74. The molecule has 17 heavy (non-hydrogen) atoms. The highest BCUT2D eigenvalue weighted by atomic mass is 19.1. The predicted molar refractivity (Wildman–Crippen MR) is 64.4 cm³/mol. The molecular formula is C13H17FN2O. The molecule has 1 aliphatic heterocycles. The van der Waals surface area contributed by atoms with Crippen LogP contribution in [0.15, 0.2) is 24.3 Å². The largest absolute Gasteiger partial charge is 0.350 e. The van der Waals surface area contributed by atoms with E-state index in [2.05, 4.69) is 17.6 Å². The van der Waals surface area contributed by atoms with Crippen LogP contribution < -0.4 is 10.6 Å². The quantitative estimate of drug-likeness (QED) is 0.838. The van der Waals surface area contributed by atoms with Gasteiger partial charge in [-0.3, -0.25) is 4.79 Å². The van der Waals surface area contributed by atoms with Gasteiger partial charge in [-0.15, -0.1) is 0 Å². The standard InChI is InChI=1S/C13H17FN2O/c1-13(6-3-7-16-13)9-15-12(17)10-4-2-5-11(14)8-10/h2,4-5,8,16H,3,6-7,9H2,1H3,(H,15,17). The molecule has 1 saturated heterocycles. The Kier molecular flexibility index (Phi) is 3.43. The molecule has 1 fully saturated rings. The smallest absolute Gasteiger partial charge is 0.251 e. The monoisotopic (exact) mass is 236 g/mol. The third-order valence-corrected chi connectivity index (χ3v) is 3.18. The van der Waals surface area contributed by atoms with E-state index in [1.807, 2.05) is 0 Å². The van der Waals surface area contributed by atoms with Crippen molar-refractivity contribution in [1.29, 1.82) is 0 Å². The van der Waals surface area contributed by atoms with Crippen LogP contribution in [0.4, 0.5) is 4.39 Å². The van der Waals surface area contributed by atoms with Crippen molar-refractivity contribution in [3.05, 3.63) is 35.6 Å². The van der Waals surface area contributed by atoms with Crippen LogP contribution in [0.5, 0.6) is 0 Å². The van der Waals surface area contributed by atoms with Crippen molar-refractivity contribution >= 4 is 5.91 Å². The van der Waals surface area contributed by atoms with Gasteiger partial charge in [0.15, 0.2) is 0 Å². The van der Waals surface area contributed by atoms with Gasteiger partial charge in [0.1, 0.15) is 5.82 Å². The van der Waals surface area contributed by atoms with Crippen LogP contribution in [0.2, 0.25) is 0 Å². The zero-order chi connectivity index (χ0) is 12.3. The summed E-state index contributed by atoms with van der Waals surface area (Å²) in [5.41, 5.74) is 0.342. The van der Waals surface area contributed by atoms with Gasteiger partial charge in [-0.05, 0) is 44.5 Å². The molecule has 1 heterocycles. The SMILES string of the molecule is CC1(CNC(=O)c2cccc(F)c2)CCCN1. The second-order valence-corrected chi connectivity index (χ2v) is 4.78. The number of benzene rings is 1. The van der Waals surface area contributed by atoms with Crippen LogP contribution in [0.1, 0.15) is 30.1 Å². The maximum atomic E-state index is 13.0. The zero-order valence-electron chi connectivity index (χ0n) is 9.92. The van der Waals surface area contributed by atoms with Gasteiger partial charge in [0.2, 0.25) is 0 Å². The van der Waals surface area contributed by atoms with Crippen LogP contribution in [0.3, 0.4) is 0 Å². The highest BCUT2D eigenvalue weighted by molar-refractivity contribution is 5.94. The van der Waals surface area contributed by atoms with Crippen LogP contribution >= 0.6 is 0 Å². The molecule has 2 rings (SSSR count). The van der Waals surface area contributed by atoms with Gasteiger partial charge in [-0.2, -0.15) is 0 Å². The number of nitrogens with one attached hydrogen (secondary N) is 2. The summed E-state index contributed by atoms with van der Waals surface area (Å²) in [4.78, 5) is 11.8. The fourth-order valence-corrected chi connectivity index (χ4v) is 2.12. The first-order chi connectivity index (χ1) is 8.09. The van der Waals surface area contributed by atoms with Crippen molar-refractivity contribution in [3.63, 3.8) is 0 Å². The van der Waals surface area contributed by atoms with Crippen LogP contribution in [-0.2, 0) is 0 Å². The summed E-state index contributed by atoms with van der Waals surface area (Å²) in [5.74, 6) is -0.609. The molecule has 2 N–H and O–H groups in total. The lowest BCUT2D eigenvalue weighted by atomic mass is 10.0. The lowest BCUT2D eigenvalue weighted by molar-refractivity contribution is 0.0942. The molecule has 1 aromatic rings. The molecule has 92 valence electrons. The van der Waals surface area contributed by atoms with E-state index in [0.717, 1.165) is 19.4 Å². The van der Waals surface area contributed by atoms with E-state index in [4.69, 9.17) is 0 Å². The van der Waals surface area contributed by atoms with Gasteiger partial charge >= 0.3 is 0 Å². The van der Waals surface area contributed by atoms with E-state index in [9.17, 15) is 9.18 Å². The second kappa shape index (κ2) is 4.84. The van der Waals surface area contributed by atoms with Crippen LogP contribution in [0, 0.1) is 5.82 Å². The van der Waals surface area contributed by atoms with E-state index in [1.54, 1.807) is 12.1 Å². The number of carbonyl (C=O) groups is 1. The second-order valence-electron chi connectivity index (χ2n) is 4.78. The number of amides is 1. The first-order valence-electron chi connectivity index (χ1n) is 5.88. The minimum atomic E-state index is -0.386. The van der Waals surface area contributed by atoms with Crippen molar-refractivity contribution in [2.24, 2.45) is 0 Å². The third-order valence-electron chi connectivity index (χ3n) is 3.18. The Morgan fingerprint density at radius 1 is 1.59 bits per heavy atom. The van der Waals surface area contributed by atoms with Crippen LogP contribution in [0.25, 0.3) is 0 Å². The van der Waals surface area contributed by atoms with E-state index in [1.165, 1.54) is 12.1 Å². The van der Waals surface area contributed by atoms with Crippen molar-refractivity contribution in [2.75, 3.05) is 13.1 Å². The Morgan fingerprint density at radius 2 is 2.41 bits per heavy atom. The van der Waals surface area contributed by atoms with E-state index in [0.29, 0.717) is 12.1 Å². The molecule has 4 heteroatoms. The van der Waals surface area contributed by atoms with Gasteiger partial charge in [0, 0.05) is 17.6 Å². The first kappa shape index (κ1) is 12.0. The molecule has 3 nitrogen and oxygen atoms in total. The summed E-state index contributed by atoms with van der Waals surface area (Å²) in [6.07, 6.45) is 2.18. The highest BCUT2D eigenvalue weighted by Gasteiger charge is 2.28. The lowest BCUT2D eigenvalue weighted by Gasteiger charge is -2.24. The van der Waals surface area contributed by atoms with Crippen LogP contribution in [-0.4, -0.2) is 24.5 Å². The number of halogens is 1. The molecule has 0 bridgehead atoms. The minimum Gasteiger partial charge on any atom is -0.350 e. The molecule has 1 atom stereocenters. The molecule has 1 aliphatic rings. The Hall–Kier alpha value is -1.42. The zero-order valence-corrected chi connectivity index (χ0v) is 9.92. The Balaban J connectivity index is 1.93. The van der Waals surface area contributed by atoms with E-state index in [-0.39, 0.29) is 17.3 Å². The topological polar surface area (TPSA) is 41.1 Å². The van der Waals surface area contributed by atoms with Gasteiger partial charge in [-0.25, -0.2) is 4.39 Å². The molecule has 0 saturated carbocycles. The summed E-state index contributed by atoms with van der Waals surface area (Å²) in [6, 6.07) is 5.74. The van der Waals surface area contributed by atoms with E-state index >= 15 is 0 Å². The lowest BCUT2D eigenvalue weighted by Crippen LogP contribution is -2.47. The van der Waals surface area contributed by atoms with Gasteiger partial charge in [0.05, 0.1) is 0 Å². The Labute approximate surface area is 100 Å². The summed E-state index contributed by atoms with van der Waals surface area (Å²) in [6.45, 7) is 3.65. The molecule has 1 amide bonds. The number of carbonyl (C=O) groups excluding carboxylic acids is 1. The number of hydrogen-bond acceptors (Lipinski definition) is 2. The fourth-order valence-electron chi connectivity index (χ4n) is 2.12. The number of hydrogen-bond donors (Lipinski definition) is 2. The Morgan fingerprint density at radius 3 is 3.06 bits per heavy atom. The highest BCUT2D eigenvalue weighted by Crippen LogP contribution is 2.17. The van der Waals surface area contributed by atoms with Crippen molar-refractivity contribution < 1.29 is 9.18 Å². The summed E-state index contributed by atoms with van der Waals surface area (Å²) in [7, 11) is 0. The molecule has 0 radical (unpaired) electrons. The molecule has 1 aromatic carbocycles.